The molecule has 2 nitrogen and oxygen atoms in total. The quantitative estimate of drug-likeness (QED) is 0.235. The third kappa shape index (κ3) is 14.4. The second-order valence-corrected chi connectivity index (χ2v) is 6.62. The molecule has 0 saturated heterocycles. The highest BCUT2D eigenvalue weighted by Gasteiger charge is 2.10. The third-order valence-corrected chi connectivity index (χ3v) is 4.48. The summed E-state index contributed by atoms with van der Waals surface area (Å²) in [6.07, 6.45) is 17.8. The maximum Gasteiger partial charge on any atom is 0.305 e. The summed E-state index contributed by atoms with van der Waals surface area (Å²) in [7, 11) is 0. The van der Waals surface area contributed by atoms with Crippen LogP contribution < -0.4 is 0 Å². The van der Waals surface area contributed by atoms with Crippen molar-refractivity contribution in [2.45, 2.75) is 111 Å². The van der Waals surface area contributed by atoms with Crippen molar-refractivity contribution >= 4 is 5.97 Å². The fourth-order valence-corrected chi connectivity index (χ4v) is 3.10. The highest BCUT2D eigenvalue weighted by molar-refractivity contribution is 5.69. The van der Waals surface area contributed by atoms with E-state index in [0.29, 0.717) is 13.0 Å². The van der Waals surface area contributed by atoms with Crippen LogP contribution in [0.5, 0.6) is 0 Å². The van der Waals surface area contributed by atoms with E-state index in [-0.39, 0.29) is 5.97 Å². The Labute approximate surface area is 139 Å². The molecule has 0 aromatic carbocycles. The minimum atomic E-state index is -0.0184. The lowest BCUT2D eigenvalue weighted by atomic mass is 9.90. The number of hydrogen-bond acceptors (Lipinski definition) is 2. The Hall–Kier alpha value is -0.530. The largest absolute Gasteiger partial charge is 0.466 e. The average molecular weight is 313 g/mol. The summed E-state index contributed by atoms with van der Waals surface area (Å²) in [6, 6.07) is 0. The monoisotopic (exact) mass is 312 g/mol. The van der Waals surface area contributed by atoms with Crippen molar-refractivity contribution in [3.8, 4) is 0 Å². The van der Waals surface area contributed by atoms with Crippen LogP contribution in [0.4, 0.5) is 0 Å². The normalized spacial score (nSPS) is 12.3. The van der Waals surface area contributed by atoms with Gasteiger partial charge < -0.3 is 4.74 Å². The van der Waals surface area contributed by atoms with Crippen LogP contribution in [0, 0.1) is 5.92 Å². The SMILES string of the molecule is CCCCCCCC(CCCCCC)CCCC(=O)OCC. The molecular formula is C20H40O2. The van der Waals surface area contributed by atoms with Crippen LogP contribution in [0.3, 0.4) is 0 Å². The lowest BCUT2D eigenvalue weighted by molar-refractivity contribution is -0.143. The van der Waals surface area contributed by atoms with Crippen LogP contribution >= 0.6 is 0 Å². The molecule has 0 aliphatic heterocycles. The highest BCUT2D eigenvalue weighted by atomic mass is 16.5. The smallest absolute Gasteiger partial charge is 0.305 e. The molecule has 0 aromatic rings. The number of esters is 1. The second-order valence-electron chi connectivity index (χ2n) is 6.62. The van der Waals surface area contributed by atoms with Gasteiger partial charge in [-0.25, -0.2) is 0 Å². The van der Waals surface area contributed by atoms with E-state index in [1.165, 1.54) is 77.0 Å². The van der Waals surface area contributed by atoms with Gasteiger partial charge in [-0.15, -0.1) is 0 Å². The Morgan fingerprint density at radius 2 is 1.23 bits per heavy atom. The van der Waals surface area contributed by atoms with Crippen molar-refractivity contribution in [3.63, 3.8) is 0 Å². The Morgan fingerprint density at radius 3 is 1.77 bits per heavy atom. The minimum absolute atomic E-state index is 0.0184. The lowest BCUT2D eigenvalue weighted by Crippen LogP contribution is -2.06. The molecule has 0 heterocycles. The van der Waals surface area contributed by atoms with Gasteiger partial charge in [0.25, 0.3) is 0 Å². The van der Waals surface area contributed by atoms with Gasteiger partial charge in [0.05, 0.1) is 6.61 Å². The standard InChI is InChI=1S/C20H40O2/c1-4-7-9-11-13-16-19(15-12-10-8-5-2)17-14-18-20(21)22-6-3/h19H,4-18H2,1-3H3. The van der Waals surface area contributed by atoms with E-state index in [2.05, 4.69) is 13.8 Å². The van der Waals surface area contributed by atoms with Crippen molar-refractivity contribution in [3.05, 3.63) is 0 Å². The maximum atomic E-state index is 11.4. The molecule has 0 spiro atoms. The van der Waals surface area contributed by atoms with E-state index in [0.717, 1.165) is 12.3 Å². The van der Waals surface area contributed by atoms with Crippen LogP contribution in [0.15, 0.2) is 0 Å². The third-order valence-electron chi connectivity index (χ3n) is 4.48. The summed E-state index contributed by atoms with van der Waals surface area (Å²) in [4.78, 5) is 11.4. The molecule has 0 radical (unpaired) electrons. The molecule has 0 amide bonds. The van der Waals surface area contributed by atoms with Gasteiger partial charge in [0.1, 0.15) is 0 Å². The van der Waals surface area contributed by atoms with Gasteiger partial charge in [-0.1, -0.05) is 84.5 Å². The molecule has 0 N–H and O–H groups in total. The van der Waals surface area contributed by atoms with E-state index < -0.39 is 0 Å². The number of rotatable bonds is 16. The van der Waals surface area contributed by atoms with Crippen molar-refractivity contribution in [1.82, 2.24) is 0 Å². The first kappa shape index (κ1) is 21.5. The molecule has 132 valence electrons. The van der Waals surface area contributed by atoms with E-state index in [4.69, 9.17) is 4.74 Å². The maximum absolute atomic E-state index is 11.4. The molecule has 0 bridgehead atoms. The van der Waals surface area contributed by atoms with Crippen LogP contribution in [-0.4, -0.2) is 12.6 Å². The van der Waals surface area contributed by atoms with Crippen LogP contribution in [0.1, 0.15) is 111 Å². The van der Waals surface area contributed by atoms with Crippen LogP contribution in [-0.2, 0) is 9.53 Å². The molecule has 22 heavy (non-hydrogen) atoms. The molecular weight excluding hydrogens is 272 g/mol. The Bertz CT molecular complexity index is 238. The van der Waals surface area contributed by atoms with Gasteiger partial charge in [-0.2, -0.15) is 0 Å². The summed E-state index contributed by atoms with van der Waals surface area (Å²) in [6.45, 7) is 6.93. The molecule has 0 saturated carbocycles. The van der Waals surface area contributed by atoms with Crippen LogP contribution in [0.2, 0.25) is 0 Å². The molecule has 0 fully saturated rings. The Morgan fingerprint density at radius 1 is 0.727 bits per heavy atom. The van der Waals surface area contributed by atoms with E-state index in [1.807, 2.05) is 6.92 Å². The molecule has 0 aliphatic carbocycles. The predicted octanol–water partition coefficient (Wildman–Crippen LogP) is 6.67. The fraction of sp³-hybridized carbons (Fsp3) is 0.950. The number of unbranched alkanes of at least 4 members (excludes halogenated alkanes) is 7. The first-order chi connectivity index (χ1) is 10.7. The molecule has 0 rings (SSSR count). The first-order valence-electron chi connectivity index (χ1n) is 9.90. The van der Waals surface area contributed by atoms with E-state index in [1.54, 1.807) is 0 Å². The van der Waals surface area contributed by atoms with Crippen molar-refractivity contribution < 1.29 is 9.53 Å². The van der Waals surface area contributed by atoms with Crippen molar-refractivity contribution in [1.29, 1.82) is 0 Å². The summed E-state index contributed by atoms with van der Waals surface area (Å²) in [5.74, 6) is 0.808. The summed E-state index contributed by atoms with van der Waals surface area (Å²) in [5.41, 5.74) is 0. The zero-order valence-corrected chi connectivity index (χ0v) is 15.5. The van der Waals surface area contributed by atoms with Gasteiger partial charge in [0.2, 0.25) is 0 Å². The number of carbonyl (C=O) groups is 1. The highest BCUT2D eigenvalue weighted by Crippen LogP contribution is 2.23. The summed E-state index contributed by atoms with van der Waals surface area (Å²) >= 11 is 0. The predicted molar refractivity (Wildman–Crippen MR) is 96.1 cm³/mol. The zero-order valence-electron chi connectivity index (χ0n) is 15.5. The number of hydrogen-bond donors (Lipinski definition) is 0. The van der Waals surface area contributed by atoms with Crippen molar-refractivity contribution in [2.75, 3.05) is 6.61 Å². The average Bonchev–Trinajstić information content (AvgIpc) is 2.51. The number of carbonyl (C=O) groups excluding carboxylic acids is 1. The fourth-order valence-electron chi connectivity index (χ4n) is 3.10. The Balaban J connectivity index is 3.86. The zero-order chi connectivity index (χ0) is 16.5. The van der Waals surface area contributed by atoms with E-state index >= 15 is 0 Å². The molecule has 0 aliphatic rings. The van der Waals surface area contributed by atoms with Gasteiger partial charge in [0.15, 0.2) is 0 Å². The topological polar surface area (TPSA) is 26.3 Å². The molecule has 1 unspecified atom stereocenters. The lowest BCUT2D eigenvalue weighted by Gasteiger charge is -2.16. The van der Waals surface area contributed by atoms with Crippen molar-refractivity contribution in [2.24, 2.45) is 5.92 Å². The molecule has 2 heteroatoms. The summed E-state index contributed by atoms with van der Waals surface area (Å²) < 4.78 is 5.02. The van der Waals surface area contributed by atoms with Gasteiger partial charge >= 0.3 is 5.97 Å². The summed E-state index contributed by atoms with van der Waals surface area (Å²) in [5, 5.41) is 0. The van der Waals surface area contributed by atoms with Crippen LogP contribution in [0.25, 0.3) is 0 Å². The van der Waals surface area contributed by atoms with Gasteiger partial charge in [-0.3, -0.25) is 4.79 Å². The Kier molecular flexibility index (Phi) is 16.4. The van der Waals surface area contributed by atoms with Gasteiger partial charge in [0, 0.05) is 6.42 Å². The number of ether oxygens (including phenoxy) is 1. The minimum Gasteiger partial charge on any atom is -0.466 e. The van der Waals surface area contributed by atoms with Gasteiger partial charge in [-0.05, 0) is 25.7 Å². The second kappa shape index (κ2) is 16.8. The molecule has 1 atom stereocenters. The van der Waals surface area contributed by atoms with E-state index in [9.17, 15) is 4.79 Å². The molecule has 0 aromatic heterocycles. The first-order valence-corrected chi connectivity index (χ1v) is 9.90.